The molecule has 2 aromatic carbocycles. The molecule has 3 aromatic rings. The molecule has 0 radical (unpaired) electrons. The SMILES string of the molecule is O=C(CCc1c(-c2ccc(F)cc2)[nH]c2ccc(F)cc12)NC1(CO)CCCC1. The van der Waals surface area contributed by atoms with Gasteiger partial charge in [-0.25, -0.2) is 8.78 Å². The van der Waals surface area contributed by atoms with E-state index >= 15 is 0 Å². The maximum absolute atomic E-state index is 13.9. The Morgan fingerprint density at radius 3 is 2.45 bits per heavy atom. The Labute approximate surface area is 167 Å². The minimum Gasteiger partial charge on any atom is -0.394 e. The zero-order valence-corrected chi connectivity index (χ0v) is 16.1. The topological polar surface area (TPSA) is 65.1 Å². The van der Waals surface area contributed by atoms with Crippen molar-refractivity contribution < 1.29 is 18.7 Å². The number of aryl methyl sites for hydroxylation is 1. The van der Waals surface area contributed by atoms with Crippen molar-refractivity contribution in [3.05, 3.63) is 59.7 Å². The Balaban J connectivity index is 1.61. The molecule has 3 N–H and O–H groups in total. The molecule has 0 unspecified atom stereocenters. The summed E-state index contributed by atoms with van der Waals surface area (Å²) >= 11 is 0. The molecular formula is C23H24F2N2O2. The van der Waals surface area contributed by atoms with Gasteiger partial charge in [-0.05, 0) is 72.9 Å². The molecule has 1 aliphatic rings. The zero-order chi connectivity index (χ0) is 20.4. The largest absolute Gasteiger partial charge is 0.394 e. The Morgan fingerprint density at radius 1 is 1.07 bits per heavy atom. The molecule has 0 bridgehead atoms. The second-order valence-electron chi connectivity index (χ2n) is 7.87. The minimum absolute atomic E-state index is 0.0577. The number of aliphatic hydroxyl groups excluding tert-OH is 1. The number of aromatic nitrogens is 1. The third-order valence-electron chi connectivity index (χ3n) is 5.87. The van der Waals surface area contributed by atoms with Gasteiger partial charge in [-0.2, -0.15) is 0 Å². The number of fused-ring (bicyclic) bond motifs is 1. The Kier molecular flexibility index (Phi) is 5.37. The van der Waals surface area contributed by atoms with Gasteiger partial charge in [0.1, 0.15) is 11.6 Å². The Hall–Kier alpha value is -2.73. The Morgan fingerprint density at radius 2 is 1.76 bits per heavy atom. The lowest BCUT2D eigenvalue weighted by atomic mass is 9.97. The van der Waals surface area contributed by atoms with E-state index in [0.29, 0.717) is 6.42 Å². The molecule has 1 saturated carbocycles. The van der Waals surface area contributed by atoms with Crippen molar-refractivity contribution in [2.75, 3.05) is 6.61 Å². The van der Waals surface area contributed by atoms with Crippen molar-refractivity contribution in [1.82, 2.24) is 10.3 Å². The average molecular weight is 398 g/mol. The van der Waals surface area contributed by atoms with Gasteiger partial charge in [0.15, 0.2) is 0 Å². The van der Waals surface area contributed by atoms with Crippen LogP contribution in [0.2, 0.25) is 0 Å². The third kappa shape index (κ3) is 4.03. The molecule has 0 saturated heterocycles. The van der Waals surface area contributed by atoms with Gasteiger partial charge in [0.05, 0.1) is 12.1 Å². The van der Waals surface area contributed by atoms with E-state index in [1.807, 2.05) is 0 Å². The van der Waals surface area contributed by atoms with Gasteiger partial charge < -0.3 is 15.4 Å². The number of aromatic amines is 1. The van der Waals surface area contributed by atoms with Crippen LogP contribution in [0.15, 0.2) is 42.5 Å². The number of hydrogen-bond acceptors (Lipinski definition) is 2. The highest BCUT2D eigenvalue weighted by atomic mass is 19.1. The summed E-state index contributed by atoms with van der Waals surface area (Å²) in [6, 6.07) is 10.6. The van der Waals surface area contributed by atoms with Crippen molar-refractivity contribution in [2.45, 2.75) is 44.1 Å². The van der Waals surface area contributed by atoms with Crippen LogP contribution in [0.25, 0.3) is 22.2 Å². The van der Waals surface area contributed by atoms with Crippen molar-refractivity contribution in [1.29, 1.82) is 0 Å². The number of benzene rings is 2. The van der Waals surface area contributed by atoms with Gasteiger partial charge in [0, 0.05) is 23.0 Å². The van der Waals surface area contributed by atoms with E-state index in [4.69, 9.17) is 0 Å². The van der Waals surface area contributed by atoms with Crippen molar-refractivity contribution in [2.24, 2.45) is 0 Å². The minimum atomic E-state index is -0.511. The number of amides is 1. The first kappa shape index (κ1) is 19.6. The first-order chi connectivity index (χ1) is 14.0. The summed E-state index contributed by atoms with van der Waals surface area (Å²) in [6.07, 6.45) is 4.19. The van der Waals surface area contributed by atoms with E-state index in [2.05, 4.69) is 10.3 Å². The number of carbonyl (C=O) groups excluding carboxylic acids is 1. The predicted molar refractivity (Wildman–Crippen MR) is 108 cm³/mol. The molecule has 0 spiro atoms. The molecule has 0 aliphatic heterocycles. The normalized spacial score (nSPS) is 15.7. The summed E-state index contributed by atoms with van der Waals surface area (Å²) < 4.78 is 27.2. The molecule has 1 amide bonds. The molecule has 0 atom stereocenters. The summed E-state index contributed by atoms with van der Waals surface area (Å²) in [4.78, 5) is 15.9. The highest BCUT2D eigenvalue weighted by molar-refractivity contribution is 5.91. The molecule has 1 aromatic heterocycles. The number of H-pyrrole nitrogens is 1. The average Bonchev–Trinajstić information content (AvgIpc) is 3.32. The van der Waals surface area contributed by atoms with E-state index < -0.39 is 5.54 Å². The number of nitrogens with one attached hydrogen (secondary N) is 2. The molecule has 4 rings (SSSR count). The maximum Gasteiger partial charge on any atom is 0.220 e. The summed E-state index contributed by atoms with van der Waals surface area (Å²) in [5.41, 5.74) is 2.62. The van der Waals surface area contributed by atoms with E-state index in [-0.39, 0.29) is 30.6 Å². The number of hydrogen-bond donors (Lipinski definition) is 3. The van der Waals surface area contributed by atoms with Crippen LogP contribution in [0.5, 0.6) is 0 Å². The second-order valence-corrected chi connectivity index (χ2v) is 7.87. The maximum atomic E-state index is 13.9. The van der Waals surface area contributed by atoms with Gasteiger partial charge in [0.2, 0.25) is 5.91 Å². The standard InChI is InChI=1S/C23H24F2N2O2/c24-16-5-3-15(4-6-16)22-18(19-13-17(25)7-9-20(19)26-22)8-10-21(29)27-23(14-28)11-1-2-12-23/h3-7,9,13,26,28H,1-2,8,10-12,14H2,(H,27,29). The predicted octanol–water partition coefficient (Wildman–Crippen LogP) is 4.47. The molecule has 152 valence electrons. The lowest BCUT2D eigenvalue weighted by Crippen LogP contribution is -2.49. The fourth-order valence-electron chi connectivity index (χ4n) is 4.31. The van der Waals surface area contributed by atoms with Crippen LogP contribution in [0.3, 0.4) is 0 Å². The molecule has 29 heavy (non-hydrogen) atoms. The van der Waals surface area contributed by atoms with Crippen LogP contribution in [0.4, 0.5) is 8.78 Å². The molecule has 6 heteroatoms. The summed E-state index contributed by atoms with van der Waals surface area (Å²) in [6.45, 7) is -0.0577. The summed E-state index contributed by atoms with van der Waals surface area (Å²) in [7, 11) is 0. The van der Waals surface area contributed by atoms with E-state index in [0.717, 1.165) is 53.4 Å². The number of rotatable bonds is 6. The fraction of sp³-hybridized carbons (Fsp3) is 0.348. The molecule has 1 fully saturated rings. The molecular weight excluding hydrogens is 374 g/mol. The van der Waals surface area contributed by atoms with Gasteiger partial charge in [-0.3, -0.25) is 4.79 Å². The number of halogens is 2. The first-order valence-corrected chi connectivity index (χ1v) is 9.98. The van der Waals surface area contributed by atoms with Crippen molar-refractivity contribution in [3.63, 3.8) is 0 Å². The van der Waals surface area contributed by atoms with Crippen molar-refractivity contribution in [3.8, 4) is 11.3 Å². The lowest BCUT2D eigenvalue weighted by Gasteiger charge is -2.28. The highest BCUT2D eigenvalue weighted by Gasteiger charge is 2.34. The van der Waals surface area contributed by atoms with E-state index in [9.17, 15) is 18.7 Å². The summed E-state index contributed by atoms with van der Waals surface area (Å²) in [5, 5.41) is 13.4. The fourth-order valence-corrected chi connectivity index (χ4v) is 4.31. The smallest absolute Gasteiger partial charge is 0.220 e. The quantitative estimate of drug-likeness (QED) is 0.574. The van der Waals surface area contributed by atoms with Crippen LogP contribution in [-0.2, 0) is 11.2 Å². The lowest BCUT2D eigenvalue weighted by molar-refractivity contribution is -0.123. The molecule has 1 aliphatic carbocycles. The van der Waals surface area contributed by atoms with Crippen LogP contribution in [0.1, 0.15) is 37.7 Å². The second kappa shape index (κ2) is 7.95. The van der Waals surface area contributed by atoms with Crippen LogP contribution in [-0.4, -0.2) is 28.1 Å². The Bertz CT molecular complexity index is 1020. The monoisotopic (exact) mass is 398 g/mol. The zero-order valence-electron chi connectivity index (χ0n) is 16.1. The number of aliphatic hydroxyl groups is 1. The van der Waals surface area contributed by atoms with Crippen LogP contribution >= 0.6 is 0 Å². The van der Waals surface area contributed by atoms with E-state index in [1.165, 1.54) is 24.3 Å². The van der Waals surface area contributed by atoms with Gasteiger partial charge in [-0.1, -0.05) is 12.8 Å². The van der Waals surface area contributed by atoms with Crippen LogP contribution < -0.4 is 5.32 Å². The van der Waals surface area contributed by atoms with Gasteiger partial charge >= 0.3 is 0 Å². The summed E-state index contributed by atoms with van der Waals surface area (Å²) in [5.74, 6) is -0.808. The third-order valence-corrected chi connectivity index (χ3v) is 5.87. The van der Waals surface area contributed by atoms with Gasteiger partial charge in [0.25, 0.3) is 0 Å². The van der Waals surface area contributed by atoms with Gasteiger partial charge in [-0.15, -0.1) is 0 Å². The molecule has 4 nitrogen and oxygen atoms in total. The van der Waals surface area contributed by atoms with E-state index in [1.54, 1.807) is 18.2 Å². The van der Waals surface area contributed by atoms with Crippen LogP contribution in [0, 0.1) is 11.6 Å². The highest BCUT2D eigenvalue weighted by Crippen LogP contribution is 2.33. The number of carbonyl (C=O) groups is 1. The first-order valence-electron chi connectivity index (χ1n) is 9.98. The van der Waals surface area contributed by atoms with Crippen molar-refractivity contribution >= 4 is 16.8 Å². The molecule has 1 heterocycles.